The zero-order valence-corrected chi connectivity index (χ0v) is 13.4. The number of hydrogen-bond donors (Lipinski definition) is 1. The van der Waals surface area contributed by atoms with Gasteiger partial charge in [0.1, 0.15) is 11.4 Å². The van der Waals surface area contributed by atoms with Gasteiger partial charge in [0.25, 0.3) is 0 Å². The monoisotopic (exact) mass is 311 g/mol. The zero-order valence-electron chi connectivity index (χ0n) is 13.4. The molecular formula is C19H18FNO2. The summed E-state index contributed by atoms with van der Waals surface area (Å²) in [5.41, 5.74) is 5.23. The fraction of sp³-hybridized carbons (Fsp3) is 0.211. The molecule has 1 N–H and O–H groups in total. The van der Waals surface area contributed by atoms with Gasteiger partial charge in [-0.1, -0.05) is 12.1 Å². The summed E-state index contributed by atoms with van der Waals surface area (Å²) in [6.45, 7) is 5.80. The number of aryl methyl sites for hydroxylation is 3. The highest BCUT2D eigenvalue weighted by Crippen LogP contribution is 2.27. The molecule has 0 atom stereocenters. The van der Waals surface area contributed by atoms with E-state index in [1.54, 1.807) is 19.3 Å². The van der Waals surface area contributed by atoms with Crippen molar-refractivity contribution in [2.45, 2.75) is 27.2 Å². The third kappa shape index (κ3) is 2.97. The van der Waals surface area contributed by atoms with Gasteiger partial charge in [-0.15, -0.1) is 0 Å². The Morgan fingerprint density at radius 2 is 1.91 bits per heavy atom. The lowest BCUT2D eigenvalue weighted by atomic mass is 10.0. The predicted molar refractivity (Wildman–Crippen MR) is 89.2 cm³/mol. The van der Waals surface area contributed by atoms with Gasteiger partial charge >= 0.3 is 0 Å². The molecule has 2 aromatic carbocycles. The summed E-state index contributed by atoms with van der Waals surface area (Å²) in [5, 5.41) is 3.78. The van der Waals surface area contributed by atoms with Crippen LogP contribution in [-0.2, 0) is 11.2 Å². The first-order valence-corrected chi connectivity index (χ1v) is 7.48. The SMILES string of the molecule is Cc1cc(F)ccc1NC(=O)Cc1coc2c(C)c(C)ccc12. The van der Waals surface area contributed by atoms with E-state index in [9.17, 15) is 9.18 Å². The van der Waals surface area contributed by atoms with E-state index in [0.29, 0.717) is 11.3 Å². The van der Waals surface area contributed by atoms with Crippen LogP contribution in [0.25, 0.3) is 11.0 Å². The lowest BCUT2D eigenvalue weighted by molar-refractivity contribution is -0.115. The van der Waals surface area contributed by atoms with Crippen molar-refractivity contribution < 1.29 is 13.6 Å². The first kappa shape index (κ1) is 15.3. The Kier molecular flexibility index (Phi) is 3.90. The lowest BCUT2D eigenvalue weighted by Gasteiger charge is -2.08. The number of rotatable bonds is 3. The number of carbonyl (C=O) groups is 1. The van der Waals surface area contributed by atoms with Crippen molar-refractivity contribution in [3.63, 3.8) is 0 Å². The van der Waals surface area contributed by atoms with Gasteiger partial charge in [-0.3, -0.25) is 4.79 Å². The molecule has 0 radical (unpaired) electrons. The van der Waals surface area contributed by atoms with Crippen molar-refractivity contribution in [1.29, 1.82) is 0 Å². The summed E-state index contributed by atoms with van der Waals surface area (Å²) in [5.74, 6) is -0.465. The van der Waals surface area contributed by atoms with Crippen LogP contribution >= 0.6 is 0 Å². The lowest BCUT2D eigenvalue weighted by Crippen LogP contribution is -2.15. The van der Waals surface area contributed by atoms with Crippen LogP contribution in [0.15, 0.2) is 41.0 Å². The third-order valence-corrected chi connectivity index (χ3v) is 4.16. The van der Waals surface area contributed by atoms with Crippen LogP contribution in [0.5, 0.6) is 0 Å². The Hall–Kier alpha value is -2.62. The van der Waals surface area contributed by atoms with Crippen molar-refractivity contribution in [2.24, 2.45) is 0 Å². The number of anilines is 1. The van der Waals surface area contributed by atoms with Gasteiger partial charge < -0.3 is 9.73 Å². The summed E-state index contributed by atoms with van der Waals surface area (Å²) < 4.78 is 18.7. The van der Waals surface area contributed by atoms with E-state index in [1.165, 1.54) is 12.1 Å². The maximum absolute atomic E-state index is 13.1. The van der Waals surface area contributed by atoms with Gasteiger partial charge in [0.15, 0.2) is 0 Å². The molecule has 4 heteroatoms. The zero-order chi connectivity index (χ0) is 16.6. The maximum atomic E-state index is 13.1. The molecule has 0 fully saturated rings. The molecule has 3 aromatic rings. The summed E-state index contributed by atoms with van der Waals surface area (Å²) >= 11 is 0. The minimum absolute atomic E-state index is 0.152. The number of fused-ring (bicyclic) bond motifs is 1. The summed E-state index contributed by atoms with van der Waals surface area (Å²) in [6.07, 6.45) is 1.85. The number of carbonyl (C=O) groups excluding carboxylic acids is 1. The van der Waals surface area contributed by atoms with Gasteiger partial charge in [0, 0.05) is 16.6 Å². The Morgan fingerprint density at radius 1 is 1.13 bits per heavy atom. The molecule has 1 heterocycles. The fourth-order valence-electron chi connectivity index (χ4n) is 2.66. The highest BCUT2D eigenvalue weighted by atomic mass is 19.1. The van der Waals surface area contributed by atoms with Gasteiger partial charge in [0.2, 0.25) is 5.91 Å². The second kappa shape index (κ2) is 5.88. The molecule has 0 bridgehead atoms. The average Bonchev–Trinajstić information content (AvgIpc) is 2.89. The quantitative estimate of drug-likeness (QED) is 0.763. The van der Waals surface area contributed by atoms with Crippen molar-refractivity contribution in [3.05, 3.63) is 64.7 Å². The normalized spacial score (nSPS) is 11.0. The second-order valence-corrected chi connectivity index (χ2v) is 5.83. The van der Waals surface area contributed by atoms with Crippen molar-refractivity contribution in [3.8, 4) is 0 Å². The Bertz CT molecular complexity index is 896. The van der Waals surface area contributed by atoms with E-state index in [0.717, 1.165) is 27.7 Å². The van der Waals surface area contributed by atoms with E-state index in [1.807, 2.05) is 26.0 Å². The number of halogens is 1. The highest BCUT2D eigenvalue weighted by molar-refractivity contribution is 5.96. The number of hydrogen-bond acceptors (Lipinski definition) is 2. The molecular weight excluding hydrogens is 293 g/mol. The number of furan rings is 1. The van der Waals surface area contributed by atoms with E-state index in [-0.39, 0.29) is 18.1 Å². The van der Waals surface area contributed by atoms with Crippen LogP contribution < -0.4 is 5.32 Å². The molecule has 0 unspecified atom stereocenters. The minimum Gasteiger partial charge on any atom is -0.464 e. The smallest absolute Gasteiger partial charge is 0.228 e. The molecule has 3 nitrogen and oxygen atoms in total. The van der Waals surface area contributed by atoms with Gasteiger partial charge in [0.05, 0.1) is 12.7 Å². The van der Waals surface area contributed by atoms with Crippen LogP contribution in [0.4, 0.5) is 10.1 Å². The van der Waals surface area contributed by atoms with Crippen LogP contribution in [0, 0.1) is 26.6 Å². The van der Waals surface area contributed by atoms with Gasteiger partial charge in [-0.05, 0) is 55.7 Å². The minimum atomic E-state index is -0.313. The van der Waals surface area contributed by atoms with Gasteiger partial charge in [-0.2, -0.15) is 0 Å². The number of benzene rings is 2. The second-order valence-electron chi connectivity index (χ2n) is 5.83. The highest BCUT2D eigenvalue weighted by Gasteiger charge is 2.13. The predicted octanol–water partition coefficient (Wildman–Crippen LogP) is 4.68. The van der Waals surface area contributed by atoms with Crippen LogP contribution in [-0.4, -0.2) is 5.91 Å². The molecule has 0 saturated heterocycles. The standard InChI is InChI=1S/C19H18FNO2/c1-11-4-6-16-14(10-23-19(16)13(11)3)9-18(22)21-17-7-5-15(20)8-12(17)2/h4-8,10H,9H2,1-3H3,(H,21,22). The number of amides is 1. The molecule has 0 aliphatic heterocycles. The fourth-order valence-corrected chi connectivity index (χ4v) is 2.66. The molecule has 0 spiro atoms. The van der Waals surface area contributed by atoms with E-state index in [2.05, 4.69) is 5.32 Å². The Labute approximate surface area is 134 Å². The summed E-state index contributed by atoms with van der Waals surface area (Å²) in [6, 6.07) is 8.31. The van der Waals surface area contributed by atoms with Crippen molar-refractivity contribution in [2.75, 3.05) is 5.32 Å². The molecule has 0 saturated carbocycles. The van der Waals surface area contributed by atoms with E-state index >= 15 is 0 Å². The van der Waals surface area contributed by atoms with Crippen molar-refractivity contribution >= 4 is 22.6 Å². The third-order valence-electron chi connectivity index (χ3n) is 4.16. The topological polar surface area (TPSA) is 42.2 Å². The van der Waals surface area contributed by atoms with Crippen LogP contribution in [0.1, 0.15) is 22.3 Å². The molecule has 1 amide bonds. The summed E-state index contributed by atoms with van der Waals surface area (Å²) in [4.78, 5) is 12.3. The average molecular weight is 311 g/mol. The molecule has 0 aliphatic carbocycles. The number of nitrogens with one attached hydrogen (secondary N) is 1. The molecule has 23 heavy (non-hydrogen) atoms. The molecule has 1 aromatic heterocycles. The van der Waals surface area contributed by atoms with Crippen LogP contribution in [0.3, 0.4) is 0 Å². The first-order valence-electron chi connectivity index (χ1n) is 7.48. The van der Waals surface area contributed by atoms with Crippen molar-refractivity contribution in [1.82, 2.24) is 0 Å². The van der Waals surface area contributed by atoms with E-state index in [4.69, 9.17) is 4.42 Å². The van der Waals surface area contributed by atoms with Gasteiger partial charge in [-0.25, -0.2) is 4.39 Å². The van der Waals surface area contributed by atoms with E-state index < -0.39 is 0 Å². The largest absolute Gasteiger partial charge is 0.464 e. The Balaban J connectivity index is 1.82. The molecule has 118 valence electrons. The summed E-state index contributed by atoms with van der Waals surface area (Å²) in [7, 11) is 0. The maximum Gasteiger partial charge on any atom is 0.228 e. The molecule has 0 aliphatic rings. The molecule has 3 rings (SSSR count). The Morgan fingerprint density at radius 3 is 2.65 bits per heavy atom. The first-order chi connectivity index (χ1) is 11.0. The van der Waals surface area contributed by atoms with Crippen LogP contribution in [0.2, 0.25) is 0 Å².